The van der Waals surface area contributed by atoms with Gasteiger partial charge in [-0.1, -0.05) is 34.8 Å². The van der Waals surface area contributed by atoms with Crippen LogP contribution in [0.3, 0.4) is 0 Å². The molecular formula is C16H12Cl3NO4. The van der Waals surface area contributed by atoms with E-state index in [1.165, 1.54) is 31.2 Å². The number of carboxylic acids is 1. The lowest BCUT2D eigenvalue weighted by Crippen LogP contribution is -2.30. The van der Waals surface area contributed by atoms with Gasteiger partial charge in [-0.3, -0.25) is 4.79 Å². The van der Waals surface area contributed by atoms with Crippen LogP contribution in [0, 0.1) is 0 Å². The van der Waals surface area contributed by atoms with E-state index in [1.807, 2.05) is 0 Å². The summed E-state index contributed by atoms with van der Waals surface area (Å²) in [6.45, 7) is 1.52. The van der Waals surface area contributed by atoms with Crippen LogP contribution in [0.4, 0.5) is 5.69 Å². The Kier molecular flexibility index (Phi) is 5.94. The van der Waals surface area contributed by atoms with E-state index < -0.39 is 18.0 Å². The number of benzene rings is 2. The van der Waals surface area contributed by atoms with Crippen LogP contribution >= 0.6 is 34.8 Å². The van der Waals surface area contributed by atoms with Crippen LogP contribution in [0.2, 0.25) is 15.1 Å². The summed E-state index contributed by atoms with van der Waals surface area (Å²) in [6.07, 6.45) is -0.895. The topological polar surface area (TPSA) is 75.6 Å². The van der Waals surface area contributed by atoms with E-state index in [9.17, 15) is 9.59 Å². The quantitative estimate of drug-likeness (QED) is 0.775. The van der Waals surface area contributed by atoms with Crippen molar-refractivity contribution in [3.63, 3.8) is 0 Å². The lowest BCUT2D eigenvalue weighted by molar-refractivity contribution is -0.122. The molecule has 0 saturated carbocycles. The molecule has 2 aromatic carbocycles. The highest BCUT2D eigenvalue weighted by atomic mass is 35.5. The maximum atomic E-state index is 12.2. The summed E-state index contributed by atoms with van der Waals surface area (Å²) in [5.74, 6) is -1.33. The molecule has 5 nitrogen and oxygen atoms in total. The highest BCUT2D eigenvalue weighted by Crippen LogP contribution is 2.29. The second-order valence-electron chi connectivity index (χ2n) is 4.82. The van der Waals surface area contributed by atoms with Crippen LogP contribution in [0.5, 0.6) is 5.75 Å². The predicted molar refractivity (Wildman–Crippen MR) is 93.6 cm³/mol. The van der Waals surface area contributed by atoms with E-state index in [4.69, 9.17) is 44.6 Å². The third-order valence-electron chi connectivity index (χ3n) is 3.04. The van der Waals surface area contributed by atoms with Crippen molar-refractivity contribution >= 4 is 52.4 Å². The molecule has 2 rings (SSSR count). The number of hydrogen-bond donors (Lipinski definition) is 2. The largest absolute Gasteiger partial charge is 0.479 e. The number of carbonyl (C=O) groups excluding carboxylic acids is 1. The average Bonchev–Trinajstić information content (AvgIpc) is 2.51. The van der Waals surface area contributed by atoms with Crippen molar-refractivity contribution in [2.75, 3.05) is 5.32 Å². The van der Waals surface area contributed by atoms with Crippen molar-refractivity contribution < 1.29 is 19.4 Å². The van der Waals surface area contributed by atoms with E-state index in [-0.39, 0.29) is 21.3 Å². The number of anilines is 1. The van der Waals surface area contributed by atoms with Crippen molar-refractivity contribution in [1.82, 2.24) is 0 Å². The lowest BCUT2D eigenvalue weighted by Gasteiger charge is -2.16. The Labute approximate surface area is 153 Å². The molecule has 0 radical (unpaired) electrons. The molecule has 2 N–H and O–H groups in total. The van der Waals surface area contributed by atoms with E-state index in [0.717, 1.165) is 0 Å². The smallest absolute Gasteiger partial charge is 0.335 e. The molecule has 0 saturated heterocycles. The number of halogens is 3. The summed E-state index contributed by atoms with van der Waals surface area (Å²) < 4.78 is 5.49. The normalized spacial score (nSPS) is 11.7. The van der Waals surface area contributed by atoms with Gasteiger partial charge in [-0.25, -0.2) is 4.79 Å². The SMILES string of the molecule is C[C@@H](Oc1ccc(Cl)cc1Cl)C(=O)Nc1cc(C(=O)O)ccc1Cl. The fourth-order valence-electron chi connectivity index (χ4n) is 1.80. The predicted octanol–water partition coefficient (Wildman–Crippen LogP) is 4.75. The van der Waals surface area contributed by atoms with Gasteiger partial charge in [-0.05, 0) is 43.3 Å². The second kappa shape index (κ2) is 7.75. The Morgan fingerprint density at radius 3 is 2.42 bits per heavy atom. The van der Waals surface area contributed by atoms with Gasteiger partial charge < -0.3 is 15.2 Å². The van der Waals surface area contributed by atoms with Crippen LogP contribution in [0.25, 0.3) is 0 Å². The fraction of sp³-hybridized carbons (Fsp3) is 0.125. The number of aromatic carboxylic acids is 1. The minimum Gasteiger partial charge on any atom is -0.479 e. The molecule has 0 aliphatic rings. The van der Waals surface area contributed by atoms with Crippen molar-refractivity contribution in [2.45, 2.75) is 13.0 Å². The molecule has 2 aromatic rings. The Morgan fingerprint density at radius 1 is 1.08 bits per heavy atom. The monoisotopic (exact) mass is 387 g/mol. The summed E-state index contributed by atoms with van der Waals surface area (Å²) in [5.41, 5.74) is 0.184. The zero-order chi connectivity index (χ0) is 17.9. The number of amides is 1. The molecule has 1 amide bonds. The summed E-state index contributed by atoms with van der Waals surface area (Å²) >= 11 is 17.8. The molecule has 0 aliphatic carbocycles. The molecular weight excluding hydrogens is 377 g/mol. The van der Waals surface area contributed by atoms with Crippen LogP contribution < -0.4 is 10.1 Å². The molecule has 24 heavy (non-hydrogen) atoms. The number of ether oxygens (including phenoxy) is 1. The standard InChI is InChI=1S/C16H12Cl3NO4/c1-8(24-14-5-3-10(17)7-12(14)19)15(21)20-13-6-9(16(22)23)2-4-11(13)18/h2-8H,1H3,(H,20,21)(H,22,23)/t8-/m1/s1. The van der Waals surface area contributed by atoms with Crippen molar-refractivity contribution in [1.29, 1.82) is 0 Å². The maximum absolute atomic E-state index is 12.2. The first-order chi connectivity index (χ1) is 11.3. The molecule has 0 heterocycles. The Balaban J connectivity index is 2.11. The van der Waals surface area contributed by atoms with Gasteiger partial charge >= 0.3 is 5.97 Å². The zero-order valence-electron chi connectivity index (χ0n) is 12.3. The number of rotatable bonds is 5. The Bertz CT molecular complexity index is 795. The van der Waals surface area contributed by atoms with E-state index in [2.05, 4.69) is 5.32 Å². The van der Waals surface area contributed by atoms with Gasteiger partial charge in [0.15, 0.2) is 6.10 Å². The van der Waals surface area contributed by atoms with Crippen LogP contribution in [0.15, 0.2) is 36.4 Å². The summed E-state index contributed by atoms with van der Waals surface area (Å²) in [6, 6.07) is 8.63. The first-order valence-electron chi connectivity index (χ1n) is 6.73. The van der Waals surface area contributed by atoms with Gasteiger partial charge in [0, 0.05) is 5.02 Å². The first-order valence-corrected chi connectivity index (χ1v) is 7.86. The van der Waals surface area contributed by atoms with Crippen molar-refractivity contribution in [3.8, 4) is 5.75 Å². The molecule has 0 spiro atoms. The van der Waals surface area contributed by atoms with Gasteiger partial charge in [0.25, 0.3) is 5.91 Å². The number of carbonyl (C=O) groups is 2. The highest BCUT2D eigenvalue weighted by molar-refractivity contribution is 6.35. The van der Waals surface area contributed by atoms with Crippen LogP contribution in [-0.2, 0) is 4.79 Å². The minimum atomic E-state index is -1.13. The van der Waals surface area contributed by atoms with Gasteiger partial charge in [0.1, 0.15) is 5.75 Å². The molecule has 0 unspecified atom stereocenters. The van der Waals surface area contributed by atoms with Crippen LogP contribution in [-0.4, -0.2) is 23.1 Å². The van der Waals surface area contributed by atoms with E-state index >= 15 is 0 Å². The highest BCUT2D eigenvalue weighted by Gasteiger charge is 2.18. The Morgan fingerprint density at radius 2 is 1.79 bits per heavy atom. The molecule has 0 aliphatic heterocycles. The number of hydrogen-bond acceptors (Lipinski definition) is 3. The molecule has 1 atom stereocenters. The molecule has 8 heteroatoms. The van der Waals surface area contributed by atoms with Crippen molar-refractivity contribution in [3.05, 3.63) is 57.0 Å². The number of nitrogens with one attached hydrogen (secondary N) is 1. The van der Waals surface area contributed by atoms with Gasteiger partial charge in [0.05, 0.1) is 21.3 Å². The molecule has 0 bridgehead atoms. The fourth-order valence-corrected chi connectivity index (χ4v) is 2.42. The van der Waals surface area contributed by atoms with E-state index in [1.54, 1.807) is 12.1 Å². The van der Waals surface area contributed by atoms with Crippen LogP contribution in [0.1, 0.15) is 17.3 Å². The van der Waals surface area contributed by atoms with Gasteiger partial charge in [-0.2, -0.15) is 0 Å². The molecule has 0 aromatic heterocycles. The first kappa shape index (κ1) is 18.4. The molecule has 0 fully saturated rings. The van der Waals surface area contributed by atoms with Gasteiger partial charge in [-0.15, -0.1) is 0 Å². The zero-order valence-corrected chi connectivity index (χ0v) is 14.6. The lowest BCUT2D eigenvalue weighted by atomic mass is 10.2. The average molecular weight is 389 g/mol. The summed E-state index contributed by atoms with van der Waals surface area (Å²) in [7, 11) is 0. The summed E-state index contributed by atoms with van der Waals surface area (Å²) in [5, 5.41) is 12.4. The van der Waals surface area contributed by atoms with Crippen molar-refractivity contribution in [2.24, 2.45) is 0 Å². The summed E-state index contributed by atoms with van der Waals surface area (Å²) in [4.78, 5) is 23.2. The van der Waals surface area contributed by atoms with Gasteiger partial charge in [0.2, 0.25) is 0 Å². The maximum Gasteiger partial charge on any atom is 0.335 e. The molecule has 126 valence electrons. The number of carboxylic acid groups (broad SMARTS) is 1. The third kappa shape index (κ3) is 4.54. The Hall–Kier alpha value is -1.95. The minimum absolute atomic E-state index is 0.00372. The second-order valence-corrected chi connectivity index (χ2v) is 6.07. The third-order valence-corrected chi connectivity index (χ3v) is 3.90. The van der Waals surface area contributed by atoms with E-state index in [0.29, 0.717) is 10.8 Å².